The molecule has 0 saturated carbocycles. The van der Waals surface area contributed by atoms with Gasteiger partial charge in [0.1, 0.15) is 0 Å². The molecule has 2 rings (SSSR count). The summed E-state index contributed by atoms with van der Waals surface area (Å²) in [6, 6.07) is 3.84. The molecule has 1 fully saturated rings. The SMILES string of the molecule is FC(F)(F)CN1CCN(Cc2ccc(Br)cn2)CC1. The molecule has 0 spiro atoms. The lowest BCUT2D eigenvalue weighted by molar-refractivity contribution is -0.149. The van der Waals surface area contributed by atoms with Crippen LogP contribution in [0.5, 0.6) is 0 Å². The highest BCUT2D eigenvalue weighted by Gasteiger charge is 2.32. The van der Waals surface area contributed by atoms with Crippen molar-refractivity contribution in [2.24, 2.45) is 0 Å². The van der Waals surface area contributed by atoms with Crippen molar-refractivity contribution in [1.29, 1.82) is 0 Å². The summed E-state index contributed by atoms with van der Waals surface area (Å²) in [6.45, 7) is 2.08. The van der Waals surface area contributed by atoms with Crippen LogP contribution >= 0.6 is 15.9 Å². The van der Waals surface area contributed by atoms with E-state index in [4.69, 9.17) is 0 Å². The highest BCUT2D eigenvalue weighted by Crippen LogP contribution is 2.18. The van der Waals surface area contributed by atoms with Crippen molar-refractivity contribution in [2.75, 3.05) is 32.7 Å². The molecule has 0 atom stereocenters. The van der Waals surface area contributed by atoms with Crippen molar-refractivity contribution in [2.45, 2.75) is 12.7 Å². The van der Waals surface area contributed by atoms with E-state index in [1.807, 2.05) is 12.1 Å². The first-order valence-corrected chi connectivity index (χ1v) is 6.83. The molecule has 1 aliphatic heterocycles. The Hall–Kier alpha value is -0.660. The van der Waals surface area contributed by atoms with Gasteiger partial charge in [0, 0.05) is 43.4 Å². The summed E-state index contributed by atoms with van der Waals surface area (Å²) in [4.78, 5) is 7.85. The topological polar surface area (TPSA) is 19.4 Å². The van der Waals surface area contributed by atoms with Crippen LogP contribution in [-0.4, -0.2) is 53.7 Å². The van der Waals surface area contributed by atoms with Gasteiger partial charge in [0.05, 0.1) is 12.2 Å². The zero-order valence-corrected chi connectivity index (χ0v) is 11.9. The zero-order chi connectivity index (χ0) is 13.9. The number of pyridine rings is 1. The standard InChI is InChI=1S/C12H15BrF3N3/c13-10-1-2-11(17-7-10)8-18-3-5-19(6-4-18)9-12(14,15)16/h1-2,7H,3-6,8-9H2. The van der Waals surface area contributed by atoms with E-state index < -0.39 is 12.7 Å². The normalized spacial score (nSPS) is 18.7. The number of hydrogen-bond donors (Lipinski definition) is 0. The third-order valence-corrected chi connectivity index (χ3v) is 3.51. The molecule has 0 aliphatic carbocycles. The van der Waals surface area contributed by atoms with Crippen LogP contribution in [0.4, 0.5) is 13.2 Å². The largest absolute Gasteiger partial charge is 0.401 e. The number of rotatable bonds is 3. The van der Waals surface area contributed by atoms with Gasteiger partial charge in [0.25, 0.3) is 0 Å². The maximum absolute atomic E-state index is 12.3. The van der Waals surface area contributed by atoms with E-state index in [-0.39, 0.29) is 0 Å². The van der Waals surface area contributed by atoms with Crippen LogP contribution in [0.2, 0.25) is 0 Å². The monoisotopic (exact) mass is 337 g/mol. The van der Waals surface area contributed by atoms with Crippen LogP contribution < -0.4 is 0 Å². The number of alkyl halides is 3. The summed E-state index contributed by atoms with van der Waals surface area (Å²) >= 11 is 3.32. The first-order chi connectivity index (χ1) is 8.92. The molecule has 0 amide bonds. The molecule has 0 unspecified atom stereocenters. The zero-order valence-electron chi connectivity index (χ0n) is 10.3. The molecule has 0 radical (unpaired) electrons. The first kappa shape index (κ1) is 14.7. The molecule has 1 aromatic rings. The Morgan fingerprint density at radius 2 is 1.74 bits per heavy atom. The summed E-state index contributed by atoms with van der Waals surface area (Å²) < 4.78 is 37.7. The number of piperazine rings is 1. The van der Waals surface area contributed by atoms with Crippen molar-refractivity contribution in [3.05, 3.63) is 28.5 Å². The van der Waals surface area contributed by atoms with E-state index in [2.05, 4.69) is 25.8 Å². The molecule has 0 aromatic carbocycles. The third-order valence-electron chi connectivity index (χ3n) is 3.04. The van der Waals surface area contributed by atoms with Crippen molar-refractivity contribution >= 4 is 15.9 Å². The second-order valence-corrected chi connectivity index (χ2v) is 5.55. The van der Waals surface area contributed by atoms with Crippen molar-refractivity contribution in [1.82, 2.24) is 14.8 Å². The van der Waals surface area contributed by atoms with Crippen LogP contribution in [-0.2, 0) is 6.54 Å². The van der Waals surface area contributed by atoms with Gasteiger partial charge in [-0.05, 0) is 28.1 Å². The maximum Gasteiger partial charge on any atom is 0.401 e. The van der Waals surface area contributed by atoms with Crippen molar-refractivity contribution in [3.63, 3.8) is 0 Å². The lowest BCUT2D eigenvalue weighted by Gasteiger charge is -2.34. The van der Waals surface area contributed by atoms with Crippen LogP contribution in [0.1, 0.15) is 5.69 Å². The fourth-order valence-corrected chi connectivity index (χ4v) is 2.32. The minimum atomic E-state index is -4.10. The van der Waals surface area contributed by atoms with Crippen molar-refractivity contribution < 1.29 is 13.2 Å². The molecule has 2 heterocycles. The minimum Gasteiger partial charge on any atom is -0.295 e. The fraction of sp³-hybridized carbons (Fsp3) is 0.583. The summed E-state index contributed by atoms with van der Waals surface area (Å²) in [6.07, 6.45) is -2.37. The van der Waals surface area contributed by atoms with Crippen LogP contribution in [0.25, 0.3) is 0 Å². The van der Waals surface area contributed by atoms with Gasteiger partial charge < -0.3 is 0 Å². The highest BCUT2D eigenvalue weighted by molar-refractivity contribution is 9.10. The fourth-order valence-electron chi connectivity index (χ4n) is 2.09. The molecular formula is C12H15BrF3N3. The second kappa shape index (κ2) is 6.19. The predicted octanol–water partition coefficient (Wildman–Crippen LogP) is 2.52. The summed E-state index contributed by atoms with van der Waals surface area (Å²) in [5, 5.41) is 0. The second-order valence-electron chi connectivity index (χ2n) is 4.64. The smallest absolute Gasteiger partial charge is 0.295 e. The lowest BCUT2D eigenvalue weighted by atomic mass is 10.2. The Kier molecular flexibility index (Phi) is 4.81. The Morgan fingerprint density at radius 3 is 2.26 bits per heavy atom. The van der Waals surface area contributed by atoms with Gasteiger partial charge in [0.15, 0.2) is 0 Å². The van der Waals surface area contributed by atoms with E-state index in [0.29, 0.717) is 32.7 Å². The molecule has 1 saturated heterocycles. The van der Waals surface area contributed by atoms with Crippen LogP contribution in [0.15, 0.2) is 22.8 Å². The predicted molar refractivity (Wildman–Crippen MR) is 69.7 cm³/mol. The third kappa shape index (κ3) is 5.08. The Balaban J connectivity index is 1.79. The van der Waals surface area contributed by atoms with Gasteiger partial charge in [-0.15, -0.1) is 0 Å². The average Bonchev–Trinajstić information content (AvgIpc) is 2.33. The number of nitrogens with zero attached hydrogens (tertiary/aromatic N) is 3. The summed E-state index contributed by atoms with van der Waals surface area (Å²) in [5.74, 6) is 0. The van der Waals surface area contributed by atoms with Gasteiger partial charge in [0.2, 0.25) is 0 Å². The van der Waals surface area contributed by atoms with Crippen LogP contribution in [0, 0.1) is 0 Å². The Bertz CT molecular complexity index is 400. The van der Waals surface area contributed by atoms with Gasteiger partial charge in [-0.2, -0.15) is 13.2 Å². The van der Waals surface area contributed by atoms with Crippen LogP contribution in [0.3, 0.4) is 0 Å². The number of hydrogen-bond acceptors (Lipinski definition) is 3. The molecule has 3 nitrogen and oxygen atoms in total. The number of aromatic nitrogens is 1. The first-order valence-electron chi connectivity index (χ1n) is 6.04. The lowest BCUT2D eigenvalue weighted by Crippen LogP contribution is -2.48. The maximum atomic E-state index is 12.3. The van der Waals surface area contributed by atoms with E-state index >= 15 is 0 Å². The van der Waals surface area contributed by atoms with Gasteiger partial charge in [-0.25, -0.2) is 0 Å². The highest BCUT2D eigenvalue weighted by atomic mass is 79.9. The minimum absolute atomic E-state index is 0.454. The van der Waals surface area contributed by atoms with E-state index in [0.717, 1.165) is 10.2 Å². The summed E-state index contributed by atoms with van der Waals surface area (Å²) in [7, 11) is 0. The molecule has 19 heavy (non-hydrogen) atoms. The average molecular weight is 338 g/mol. The molecule has 1 aromatic heterocycles. The number of halogens is 4. The van der Waals surface area contributed by atoms with E-state index in [9.17, 15) is 13.2 Å². The molecule has 0 bridgehead atoms. The molecular weight excluding hydrogens is 323 g/mol. The Morgan fingerprint density at radius 1 is 1.11 bits per heavy atom. The van der Waals surface area contributed by atoms with E-state index in [1.54, 1.807) is 6.20 Å². The van der Waals surface area contributed by atoms with E-state index in [1.165, 1.54) is 4.90 Å². The van der Waals surface area contributed by atoms with Crippen molar-refractivity contribution in [3.8, 4) is 0 Å². The molecule has 7 heteroatoms. The molecule has 0 N–H and O–H groups in total. The van der Waals surface area contributed by atoms with Gasteiger partial charge in [-0.1, -0.05) is 0 Å². The Labute approximate surface area is 118 Å². The van der Waals surface area contributed by atoms with Gasteiger partial charge in [-0.3, -0.25) is 14.8 Å². The van der Waals surface area contributed by atoms with Gasteiger partial charge >= 0.3 is 6.18 Å². The quantitative estimate of drug-likeness (QED) is 0.844. The summed E-state index contributed by atoms with van der Waals surface area (Å²) in [5.41, 5.74) is 0.937. The molecule has 1 aliphatic rings. The molecule has 106 valence electrons.